The molecular formula is C10H19NO4S. The van der Waals surface area contributed by atoms with Crippen LogP contribution in [0.25, 0.3) is 0 Å². The van der Waals surface area contributed by atoms with Crippen molar-refractivity contribution in [2.75, 3.05) is 25.2 Å². The average Bonchev–Trinajstić information content (AvgIpc) is 2.54. The quantitative estimate of drug-likeness (QED) is 0.706. The zero-order valence-corrected chi connectivity index (χ0v) is 10.8. The van der Waals surface area contributed by atoms with Crippen LogP contribution in [-0.4, -0.2) is 56.5 Å². The number of ether oxygens (including phenoxy) is 1. The monoisotopic (exact) mass is 249 g/mol. The van der Waals surface area contributed by atoms with Crippen LogP contribution in [0.5, 0.6) is 0 Å². The first kappa shape index (κ1) is 13.4. The molecule has 0 aromatic carbocycles. The Bertz CT molecular complexity index is 350. The first-order valence-corrected chi connectivity index (χ1v) is 7.21. The fraction of sp³-hybridized carbons (Fsp3) is 0.900. The molecule has 0 aliphatic carbocycles. The van der Waals surface area contributed by atoms with Crippen molar-refractivity contribution in [2.45, 2.75) is 32.4 Å². The van der Waals surface area contributed by atoms with Crippen LogP contribution in [0, 0.1) is 0 Å². The van der Waals surface area contributed by atoms with Gasteiger partial charge in [0.05, 0.1) is 17.6 Å². The number of carbonyl (C=O) groups excluding carboxylic acids is 1. The molecule has 0 aromatic rings. The Hall–Kier alpha value is -0.620. The summed E-state index contributed by atoms with van der Waals surface area (Å²) in [5.41, 5.74) is 0. The molecule has 0 bridgehead atoms. The Balaban J connectivity index is 2.46. The SMILES string of the molecule is CC(C)OCC(=O)N(C)C1CCS(=O)(=O)C1. The molecular weight excluding hydrogens is 230 g/mol. The molecule has 1 rings (SSSR count). The maximum Gasteiger partial charge on any atom is 0.248 e. The molecule has 0 saturated carbocycles. The van der Waals surface area contributed by atoms with E-state index in [9.17, 15) is 13.2 Å². The van der Waals surface area contributed by atoms with Gasteiger partial charge in [-0.1, -0.05) is 0 Å². The van der Waals surface area contributed by atoms with E-state index in [1.165, 1.54) is 4.90 Å². The van der Waals surface area contributed by atoms with Crippen LogP contribution in [-0.2, 0) is 19.4 Å². The second-order valence-corrected chi connectivity index (χ2v) is 6.65. The number of sulfone groups is 1. The number of nitrogens with zero attached hydrogens (tertiary/aromatic N) is 1. The summed E-state index contributed by atoms with van der Waals surface area (Å²) >= 11 is 0. The lowest BCUT2D eigenvalue weighted by Gasteiger charge is -2.23. The molecule has 1 aliphatic rings. The van der Waals surface area contributed by atoms with Gasteiger partial charge in [0.2, 0.25) is 5.91 Å². The summed E-state index contributed by atoms with van der Waals surface area (Å²) in [5, 5.41) is 0. The van der Waals surface area contributed by atoms with Crippen LogP contribution in [0.1, 0.15) is 20.3 Å². The molecule has 5 nitrogen and oxygen atoms in total. The molecule has 0 radical (unpaired) electrons. The first-order chi connectivity index (χ1) is 7.32. The maximum absolute atomic E-state index is 11.7. The Morgan fingerprint density at radius 3 is 2.56 bits per heavy atom. The van der Waals surface area contributed by atoms with Gasteiger partial charge < -0.3 is 9.64 Å². The summed E-state index contributed by atoms with van der Waals surface area (Å²) < 4.78 is 27.7. The Morgan fingerprint density at radius 2 is 2.12 bits per heavy atom. The standard InChI is InChI=1S/C10H19NO4S/c1-8(2)15-6-10(12)11(3)9-4-5-16(13,14)7-9/h8-9H,4-7H2,1-3H3. The molecule has 16 heavy (non-hydrogen) atoms. The van der Waals surface area contributed by atoms with E-state index in [1.54, 1.807) is 7.05 Å². The smallest absolute Gasteiger partial charge is 0.248 e. The van der Waals surface area contributed by atoms with Gasteiger partial charge in [-0.2, -0.15) is 0 Å². The molecule has 94 valence electrons. The molecule has 6 heteroatoms. The van der Waals surface area contributed by atoms with Gasteiger partial charge in [0, 0.05) is 13.1 Å². The minimum atomic E-state index is -2.94. The van der Waals surface area contributed by atoms with Crippen molar-refractivity contribution < 1.29 is 17.9 Å². The Kier molecular flexibility index (Phi) is 4.32. The molecule has 1 fully saturated rings. The molecule has 1 amide bonds. The van der Waals surface area contributed by atoms with E-state index in [1.807, 2.05) is 13.8 Å². The van der Waals surface area contributed by atoms with E-state index >= 15 is 0 Å². The van der Waals surface area contributed by atoms with E-state index in [-0.39, 0.29) is 36.2 Å². The molecule has 1 aliphatic heterocycles. The van der Waals surface area contributed by atoms with E-state index in [4.69, 9.17) is 4.74 Å². The third kappa shape index (κ3) is 3.75. The van der Waals surface area contributed by atoms with Crippen molar-refractivity contribution in [3.05, 3.63) is 0 Å². The number of likely N-dealkylation sites (N-methyl/N-ethyl adjacent to an activating group) is 1. The molecule has 1 heterocycles. The predicted octanol–water partition coefficient (Wildman–Crippen LogP) is 0.0569. The molecule has 1 atom stereocenters. The topological polar surface area (TPSA) is 63.7 Å². The van der Waals surface area contributed by atoms with Crippen LogP contribution < -0.4 is 0 Å². The molecule has 0 N–H and O–H groups in total. The van der Waals surface area contributed by atoms with Crippen molar-refractivity contribution in [1.82, 2.24) is 4.90 Å². The number of hydrogen-bond donors (Lipinski definition) is 0. The van der Waals surface area contributed by atoms with E-state index in [0.29, 0.717) is 6.42 Å². The Labute approximate surface area is 96.7 Å². The lowest BCUT2D eigenvalue weighted by atomic mass is 10.2. The van der Waals surface area contributed by atoms with Crippen LogP contribution in [0.2, 0.25) is 0 Å². The summed E-state index contributed by atoms with van der Waals surface area (Å²) in [6.07, 6.45) is 0.538. The second kappa shape index (κ2) is 5.14. The van der Waals surface area contributed by atoms with E-state index < -0.39 is 9.84 Å². The van der Waals surface area contributed by atoms with Gasteiger partial charge in [0.1, 0.15) is 6.61 Å². The fourth-order valence-electron chi connectivity index (χ4n) is 1.62. The van der Waals surface area contributed by atoms with Gasteiger partial charge in [0.15, 0.2) is 9.84 Å². The zero-order valence-electron chi connectivity index (χ0n) is 9.97. The molecule has 0 spiro atoms. The van der Waals surface area contributed by atoms with Crippen LogP contribution in [0.4, 0.5) is 0 Å². The van der Waals surface area contributed by atoms with Crippen molar-refractivity contribution in [2.24, 2.45) is 0 Å². The van der Waals surface area contributed by atoms with Crippen LogP contribution in [0.15, 0.2) is 0 Å². The lowest BCUT2D eigenvalue weighted by molar-refractivity contribution is -0.137. The normalized spacial score (nSPS) is 23.6. The highest BCUT2D eigenvalue weighted by Crippen LogP contribution is 2.16. The number of carbonyl (C=O) groups is 1. The number of rotatable bonds is 4. The highest BCUT2D eigenvalue weighted by Gasteiger charge is 2.32. The third-order valence-corrected chi connectivity index (χ3v) is 4.44. The van der Waals surface area contributed by atoms with Gasteiger partial charge >= 0.3 is 0 Å². The number of hydrogen-bond acceptors (Lipinski definition) is 4. The van der Waals surface area contributed by atoms with Crippen LogP contribution in [0.3, 0.4) is 0 Å². The maximum atomic E-state index is 11.7. The summed E-state index contributed by atoms with van der Waals surface area (Å²) in [6.45, 7) is 3.73. The second-order valence-electron chi connectivity index (χ2n) is 4.42. The largest absolute Gasteiger partial charge is 0.369 e. The van der Waals surface area contributed by atoms with Gasteiger partial charge in [-0.3, -0.25) is 4.79 Å². The summed E-state index contributed by atoms with van der Waals surface area (Å²) in [5.74, 6) is 0.104. The van der Waals surface area contributed by atoms with Crippen molar-refractivity contribution in [3.63, 3.8) is 0 Å². The van der Waals surface area contributed by atoms with E-state index in [0.717, 1.165) is 0 Å². The van der Waals surface area contributed by atoms with Crippen molar-refractivity contribution in [1.29, 1.82) is 0 Å². The van der Waals surface area contributed by atoms with Gasteiger partial charge in [-0.25, -0.2) is 8.42 Å². The summed E-state index contributed by atoms with van der Waals surface area (Å²) in [6, 6.07) is -0.187. The Morgan fingerprint density at radius 1 is 1.50 bits per heavy atom. The van der Waals surface area contributed by atoms with Gasteiger partial charge in [-0.05, 0) is 20.3 Å². The number of amides is 1. The summed E-state index contributed by atoms with van der Waals surface area (Å²) in [7, 11) is -1.30. The molecule has 0 aromatic heterocycles. The zero-order chi connectivity index (χ0) is 12.3. The molecule has 1 unspecified atom stereocenters. The van der Waals surface area contributed by atoms with Gasteiger partial charge in [0.25, 0.3) is 0 Å². The van der Waals surface area contributed by atoms with Crippen LogP contribution >= 0.6 is 0 Å². The lowest BCUT2D eigenvalue weighted by Crippen LogP contribution is -2.40. The molecule has 1 saturated heterocycles. The van der Waals surface area contributed by atoms with Gasteiger partial charge in [-0.15, -0.1) is 0 Å². The predicted molar refractivity (Wildman–Crippen MR) is 60.9 cm³/mol. The van der Waals surface area contributed by atoms with E-state index in [2.05, 4.69) is 0 Å². The highest BCUT2D eigenvalue weighted by atomic mass is 32.2. The first-order valence-electron chi connectivity index (χ1n) is 5.39. The minimum absolute atomic E-state index is 0.00432. The fourth-order valence-corrected chi connectivity index (χ4v) is 3.40. The highest BCUT2D eigenvalue weighted by molar-refractivity contribution is 7.91. The summed E-state index contributed by atoms with van der Waals surface area (Å²) in [4.78, 5) is 13.1. The van der Waals surface area contributed by atoms with Crippen molar-refractivity contribution >= 4 is 15.7 Å². The van der Waals surface area contributed by atoms with Crippen molar-refractivity contribution in [3.8, 4) is 0 Å². The minimum Gasteiger partial charge on any atom is -0.369 e. The average molecular weight is 249 g/mol. The third-order valence-electron chi connectivity index (χ3n) is 2.69.